The maximum absolute atomic E-state index is 11.9. The van der Waals surface area contributed by atoms with Gasteiger partial charge in [0.1, 0.15) is 6.61 Å². The number of carbonyl (C=O) groups excluding carboxylic acids is 1. The first-order chi connectivity index (χ1) is 14.0. The summed E-state index contributed by atoms with van der Waals surface area (Å²) in [5.74, 6) is 0.774. The van der Waals surface area contributed by atoms with E-state index in [4.69, 9.17) is 32.7 Å². The summed E-state index contributed by atoms with van der Waals surface area (Å²) in [7, 11) is 1.55. The smallest absolute Gasteiger partial charge is 0.281 e. The summed E-state index contributed by atoms with van der Waals surface area (Å²) in [5.41, 5.74) is 4.01. The van der Waals surface area contributed by atoms with Gasteiger partial charge in [0.15, 0.2) is 11.5 Å². The minimum Gasteiger partial charge on any atom is -0.493 e. The van der Waals surface area contributed by atoms with Crippen LogP contribution < -0.4 is 14.9 Å². The van der Waals surface area contributed by atoms with Crippen molar-refractivity contribution in [2.75, 3.05) is 7.11 Å². The van der Waals surface area contributed by atoms with Crippen LogP contribution in [0.25, 0.3) is 0 Å². The van der Waals surface area contributed by atoms with Crippen LogP contribution in [0, 0.1) is 0 Å². The molecule has 0 unspecified atom stereocenters. The molecule has 1 N–H and O–H groups in total. The summed E-state index contributed by atoms with van der Waals surface area (Å²) in [5, 5.41) is 6.91. The summed E-state index contributed by atoms with van der Waals surface area (Å²) in [6, 6.07) is 12.3. The summed E-state index contributed by atoms with van der Waals surface area (Å²) >= 11 is 17.0. The maximum Gasteiger partial charge on any atom is 0.281 e. The Bertz CT molecular complexity index is 1040. The number of nitrogens with zero attached hydrogens (tertiary/aromatic N) is 1. The van der Waals surface area contributed by atoms with Crippen LogP contribution in [-0.2, 0) is 6.61 Å². The van der Waals surface area contributed by atoms with E-state index in [1.165, 1.54) is 17.6 Å². The number of carbonyl (C=O) groups is 1. The molecule has 29 heavy (non-hydrogen) atoms. The molecule has 0 radical (unpaired) electrons. The lowest BCUT2D eigenvalue weighted by Crippen LogP contribution is -2.16. The van der Waals surface area contributed by atoms with Crippen molar-refractivity contribution < 1.29 is 14.3 Å². The van der Waals surface area contributed by atoms with E-state index in [-0.39, 0.29) is 12.5 Å². The Morgan fingerprint density at radius 2 is 2.10 bits per heavy atom. The van der Waals surface area contributed by atoms with Crippen molar-refractivity contribution in [1.82, 2.24) is 5.43 Å². The molecule has 0 atom stereocenters. The number of hydrogen-bond acceptors (Lipinski definition) is 5. The molecule has 5 nitrogen and oxygen atoms in total. The first kappa shape index (κ1) is 21.6. The van der Waals surface area contributed by atoms with Gasteiger partial charge in [-0.2, -0.15) is 5.10 Å². The van der Waals surface area contributed by atoms with Crippen molar-refractivity contribution in [2.24, 2.45) is 5.10 Å². The molecule has 2 aromatic carbocycles. The zero-order chi connectivity index (χ0) is 20.8. The lowest BCUT2D eigenvalue weighted by molar-refractivity contribution is 0.0959. The molecular formula is C20H15BrCl2N2O3S. The Morgan fingerprint density at radius 3 is 2.79 bits per heavy atom. The zero-order valence-electron chi connectivity index (χ0n) is 15.1. The fraction of sp³-hybridized carbons (Fsp3) is 0.100. The van der Waals surface area contributed by atoms with Crippen LogP contribution >= 0.6 is 50.5 Å². The normalized spacial score (nSPS) is 10.9. The number of ether oxygens (including phenoxy) is 2. The van der Waals surface area contributed by atoms with E-state index in [0.717, 1.165) is 11.1 Å². The minimum atomic E-state index is -0.262. The summed E-state index contributed by atoms with van der Waals surface area (Å²) in [6.45, 7) is 0.245. The first-order valence-electron chi connectivity index (χ1n) is 8.29. The van der Waals surface area contributed by atoms with Gasteiger partial charge in [-0.05, 0) is 57.2 Å². The van der Waals surface area contributed by atoms with Crippen LogP contribution in [0.1, 0.15) is 20.8 Å². The molecule has 3 aromatic rings. The standard InChI is InChI=1S/C20H15BrCl2N2O3S/c1-27-17-8-12(10-24-25-20(26)18-3-2-6-29-18)7-15(21)19(17)28-11-13-4-5-14(22)9-16(13)23/h2-10H,11H2,1H3,(H,25,26)/b24-10-. The van der Waals surface area contributed by atoms with E-state index >= 15 is 0 Å². The Hall–Kier alpha value is -2.06. The van der Waals surface area contributed by atoms with Crippen LogP contribution in [0.4, 0.5) is 0 Å². The van der Waals surface area contributed by atoms with Gasteiger partial charge in [0, 0.05) is 15.6 Å². The average molecular weight is 514 g/mol. The Morgan fingerprint density at radius 1 is 1.28 bits per heavy atom. The van der Waals surface area contributed by atoms with Gasteiger partial charge in [0.2, 0.25) is 0 Å². The number of rotatable bonds is 7. The number of amides is 1. The highest BCUT2D eigenvalue weighted by Gasteiger charge is 2.13. The number of hydrogen-bond donors (Lipinski definition) is 1. The van der Waals surface area contributed by atoms with Crippen molar-refractivity contribution >= 4 is 62.6 Å². The molecule has 0 saturated heterocycles. The Kier molecular flexibility index (Phi) is 7.55. The summed E-state index contributed by atoms with van der Waals surface area (Å²) in [4.78, 5) is 12.5. The lowest BCUT2D eigenvalue weighted by atomic mass is 10.2. The molecule has 0 saturated carbocycles. The monoisotopic (exact) mass is 512 g/mol. The van der Waals surface area contributed by atoms with Crippen molar-refractivity contribution in [3.05, 3.63) is 78.4 Å². The number of thiophene rings is 1. The third kappa shape index (κ3) is 5.73. The third-order valence-electron chi connectivity index (χ3n) is 3.76. The summed E-state index contributed by atoms with van der Waals surface area (Å²) in [6.07, 6.45) is 1.53. The molecule has 1 amide bonds. The number of halogens is 3. The fourth-order valence-electron chi connectivity index (χ4n) is 2.37. The van der Waals surface area contributed by atoms with Crippen molar-refractivity contribution in [1.29, 1.82) is 0 Å². The van der Waals surface area contributed by atoms with Gasteiger partial charge in [-0.1, -0.05) is 35.3 Å². The molecule has 9 heteroatoms. The molecule has 1 heterocycles. The molecule has 0 aliphatic rings. The van der Waals surface area contributed by atoms with E-state index in [1.807, 2.05) is 17.5 Å². The second-order valence-corrected chi connectivity index (χ2v) is 8.38. The van der Waals surface area contributed by atoms with Crippen LogP contribution in [0.3, 0.4) is 0 Å². The van der Waals surface area contributed by atoms with Gasteiger partial charge in [-0.15, -0.1) is 11.3 Å². The predicted molar refractivity (Wildman–Crippen MR) is 121 cm³/mol. The molecule has 0 aliphatic carbocycles. The molecule has 0 bridgehead atoms. The zero-order valence-corrected chi connectivity index (χ0v) is 19.0. The largest absolute Gasteiger partial charge is 0.493 e. The van der Waals surface area contributed by atoms with E-state index in [9.17, 15) is 4.79 Å². The molecule has 0 aliphatic heterocycles. The molecule has 0 spiro atoms. The number of nitrogens with one attached hydrogen (secondary N) is 1. The molecule has 0 fully saturated rings. The van der Waals surface area contributed by atoms with Gasteiger partial charge >= 0.3 is 0 Å². The average Bonchev–Trinajstić information content (AvgIpc) is 3.23. The van der Waals surface area contributed by atoms with Gasteiger partial charge in [-0.3, -0.25) is 4.79 Å². The van der Waals surface area contributed by atoms with Gasteiger partial charge in [0.25, 0.3) is 5.91 Å². The highest BCUT2D eigenvalue weighted by molar-refractivity contribution is 9.10. The quantitative estimate of drug-likeness (QED) is 0.303. The summed E-state index contributed by atoms with van der Waals surface area (Å²) < 4.78 is 12.0. The van der Waals surface area contributed by atoms with Gasteiger partial charge < -0.3 is 9.47 Å². The van der Waals surface area contributed by atoms with Crippen molar-refractivity contribution in [3.8, 4) is 11.5 Å². The first-order valence-corrected chi connectivity index (χ1v) is 10.7. The fourth-order valence-corrected chi connectivity index (χ4v) is 4.02. The van der Waals surface area contributed by atoms with Crippen LogP contribution in [0.15, 0.2) is 57.4 Å². The highest BCUT2D eigenvalue weighted by atomic mass is 79.9. The second kappa shape index (κ2) is 10.1. The minimum absolute atomic E-state index is 0.245. The molecule has 1 aromatic heterocycles. The van der Waals surface area contributed by atoms with E-state index in [1.54, 1.807) is 37.4 Å². The number of benzene rings is 2. The molecule has 3 rings (SSSR count). The van der Waals surface area contributed by atoms with Gasteiger partial charge in [-0.25, -0.2) is 5.43 Å². The topological polar surface area (TPSA) is 59.9 Å². The second-order valence-electron chi connectivity index (χ2n) is 5.73. The number of hydrazone groups is 1. The number of methoxy groups -OCH3 is 1. The van der Waals surface area contributed by atoms with Crippen molar-refractivity contribution in [2.45, 2.75) is 6.61 Å². The maximum atomic E-state index is 11.9. The van der Waals surface area contributed by atoms with E-state index in [2.05, 4.69) is 26.5 Å². The van der Waals surface area contributed by atoms with Crippen LogP contribution in [-0.4, -0.2) is 19.2 Å². The van der Waals surface area contributed by atoms with E-state index < -0.39 is 0 Å². The highest BCUT2D eigenvalue weighted by Crippen LogP contribution is 2.37. The van der Waals surface area contributed by atoms with E-state index in [0.29, 0.717) is 30.9 Å². The van der Waals surface area contributed by atoms with Crippen LogP contribution in [0.2, 0.25) is 10.0 Å². The Balaban J connectivity index is 1.71. The third-order valence-corrected chi connectivity index (χ3v) is 5.81. The SMILES string of the molecule is COc1cc(/C=N\NC(=O)c2cccs2)cc(Br)c1OCc1ccc(Cl)cc1Cl. The van der Waals surface area contributed by atoms with Gasteiger partial charge in [0.05, 0.1) is 22.7 Å². The molecular weight excluding hydrogens is 499 g/mol. The van der Waals surface area contributed by atoms with Crippen molar-refractivity contribution in [3.63, 3.8) is 0 Å². The lowest BCUT2D eigenvalue weighted by Gasteiger charge is -2.14. The van der Waals surface area contributed by atoms with Crippen LogP contribution in [0.5, 0.6) is 11.5 Å². The molecule has 150 valence electrons. The predicted octanol–water partition coefficient (Wildman–Crippen LogP) is 6.17. The Labute approximate surface area is 190 Å².